The van der Waals surface area contributed by atoms with Crippen LogP contribution in [0.5, 0.6) is 11.5 Å². The van der Waals surface area contributed by atoms with Crippen LogP contribution in [0.4, 0.5) is 0 Å². The number of hydrogen-bond acceptors (Lipinski definition) is 8. The quantitative estimate of drug-likeness (QED) is 0.0392. The topological polar surface area (TPSA) is 129 Å². The Bertz CT molecular complexity index is 1030. The average molecular weight is 741 g/mol. The molecule has 0 aromatic heterocycles. The Morgan fingerprint density at radius 1 is 0.588 bits per heavy atom. The molecule has 0 radical (unpaired) electrons. The summed E-state index contributed by atoms with van der Waals surface area (Å²) in [5.74, 6) is -1.43. The van der Waals surface area contributed by atoms with Crippen LogP contribution in [0.1, 0.15) is 194 Å². The van der Waals surface area contributed by atoms with Crippen LogP contribution in [-0.4, -0.2) is 41.3 Å². The number of esters is 2. The van der Waals surface area contributed by atoms with Gasteiger partial charge in [0.1, 0.15) is 13.2 Å². The highest BCUT2D eigenvalue weighted by Crippen LogP contribution is 2.46. The molecule has 1 unspecified atom stereocenters. The second-order valence-electron chi connectivity index (χ2n) is 14.1. The van der Waals surface area contributed by atoms with E-state index in [2.05, 4.69) is 13.8 Å². The molecule has 1 aromatic rings. The molecular formula is C41H73O9P. The summed E-state index contributed by atoms with van der Waals surface area (Å²) in [5.41, 5.74) is 0. The third-order valence-electron chi connectivity index (χ3n) is 9.20. The summed E-state index contributed by atoms with van der Waals surface area (Å²) in [7, 11) is -4.67. The Morgan fingerprint density at radius 2 is 0.980 bits per heavy atom. The van der Waals surface area contributed by atoms with Crippen LogP contribution in [-0.2, 0) is 28.2 Å². The summed E-state index contributed by atoms with van der Waals surface area (Å²) in [5, 5.41) is 9.89. The van der Waals surface area contributed by atoms with Gasteiger partial charge in [0.25, 0.3) is 0 Å². The summed E-state index contributed by atoms with van der Waals surface area (Å²) in [6.07, 6.45) is 30.7. The lowest BCUT2D eigenvalue weighted by atomic mass is 10.0. The van der Waals surface area contributed by atoms with E-state index in [1.165, 1.54) is 140 Å². The number of ether oxygens (including phenoxy) is 2. The highest BCUT2D eigenvalue weighted by molar-refractivity contribution is 7.47. The zero-order chi connectivity index (χ0) is 37.3. The summed E-state index contributed by atoms with van der Waals surface area (Å²) in [4.78, 5) is 35.3. The number of carbonyl (C=O) groups is 2. The molecule has 0 heterocycles. The molecule has 0 aliphatic carbocycles. The Labute approximate surface area is 310 Å². The number of phenolic OH excluding ortho intramolecular Hbond substituents is 1. The van der Waals surface area contributed by atoms with Gasteiger partial charge in [-0.05, 0) is 25.0 Å². The van der Waals surface area contributed by atoms with E-state index in [9.17, 15) is 24.2 Å². The number of unbranched alkanes of at least 4 members (excludes halogenated alkanes) is 24. The van der Waals surface area contributed by atoms with Crippen molar-refractivity contribution in [3.8, 4) is 11.5 Å². The number of carbonyl (C=O) groups excluding carboxylic acids is 2. The molecule has 1 rings (SSSR count). The third-order valence-corrected chi connectivity index (χ3v) is 10.1. The van der Waals surface area contributed by atoms with E-state index < -0.39 is 32.5 Å². The number of rotatable bonds is 36. The zero-order valence-electron chi connectivity index (χ0n) is 32.3. The molecule has 9 nitrogen and oxygen atoms in total. The number of benzene rings is 1. The van der Waals surface area contributed by atoms with Crippen molar-refractivity contribution in [3.05, 3.63) is 24.3 Å². The van der Waals surface area contributed by atoms with Gasteiger partial charge in [-0.1, -0.05) is 180 Å². The molecule has 0 saturated heterocycles. The van der Waals surface area contributed by atoms with Gasteiger partial charge in [0, 0.05) is 12.8 Å². The normalized spacial score (nSPS) is 13.1. The van der Waals surface area contributed by atoms with Crippen LogP contribution in [0.15, 0.2) is 24.3 Å². The monoisotopic (exact) mass is 740 g/mol. The van der Waals surface area contributed by atoms with Crippen LogP contribution >= 0.6 is 7.82 Å². The molecule has 0 bridgehead atoms. The third kappa shape index (κ3) is 29.1. The number of aromatic hydroxyl groups is 1. The van der Waals surface area contributed by atoms with Crippen molar-refractivity contribution in [3.63, 3.8) is 0 Å². The van der Waals surface area contributed by atoms with Gasteiger partial charge in [-0.2, -0.15) is 0 Å². The van der Waals surface area contributed by atoms with Crippen molar-refractivity contribution in [2.24, 2.45) is 0 Å². The van der Waals surface area contributed by atoms with Gasteiger partial charge < -0.3 is 19.1 Å². The molecule has 0 amide bonds. The van der Waals surface area contributed by atoms with Crippen LogP contribution in [0.3, 0.4) is 0 Å². The number of phosphoric ester groups is 1. The minimum Gasteiger partial charge on any atom is -0.504 e. The van der Waals surface area contributed by atoms with Crippen molar-refractivity contribution in [1.29, 1.82) is 0 Å². The summed E-state index contributed by atoms with van der Waals surface area (Å²) < 4.78 is 33.6. The summed E-state index contributed by atoms with van der Waals surface area (Å²) >= 11 is 0. The molecule has 51 heavy (non-hydrogen) atoms. The lowest BCUT2D eigenvalue weighted by Gasteiger charge is -2.20. The van der Waals surface area contributed by atoms with Gasteiger partial charge in [0.05, 0.1) is 0 Å². The Balaban J connectivity index is 2.35. The number of phosphoric acid groups is 1. The fourth-order valence-electron chi connectivity index (χ4n) is 6.06. The molecule has 0 aliphatic heterocycles. The second-order valence-corrected chi connectivity index (χ2v) is 15.5. The van der Waals surface area contributed by atoms with Crippen LogP contribution < -0.4 is 4.52 Å². The van der Waals surface area contributed by atoms with E-state index >= 15 is 0 Å². The highest BCUT2D eigenvalue weighted by Gasteiger charge is 2.28. The fourth-order valence-corrected chi connectivity index (χ4v) is 6.87. The van der Waals surface area contributed by atoms with Crippen molar-refractivity contribution in [2.75, 3.05) is 13.2 Å². The largest absolute Gasteiger partial charge is 0.527 e. The van der Waals surface area contributed by atoms with Gasteiger partial charge in [0.15, 0.2) is 17.6 Å². The van der Waals surface area contributed by atoms with Crippen molar-refractivity contribution in [1.82, 2.24) is 0 Å². The van der Waals surface area contributed by atoms with Gasteiger partial charge in [-0.15, -0.1) is 0 Å². The lowest BCUT2D eigenvalue weighted by molar-refractivity contribution is -0.161. The minimum absolute atomic E-state index is 0.201. The SMILES string of the molecule is CCCCCCCCCCCCCCCC(=O)OC[C@H](COP(=O)(O)Oc1ccccc1O)OC(=O)CCCCCCCCCCCCCCC. The lowest BCUT2D eigenvalue weighted by Crippen LogP contribution is -2.29. The zero-order valence-corrected chi connectivity index (χ0v) is 33.2. The Kier molecular flexibility index (Phi) is 30.0. The van der Waals surface area contributed by atoms with Gasteiger partial charge in [0.2, 0.25) is 0 Å². The summed E-state index contributed by atoms with van der Waals surface area (Å²) in [6, 6.07) is 5.72. The van der Waals surface area contributed by atoms with Gasteiger partial charge >= 0.3 is 19.8 Å². The maximum atomic E-state index is 12.7. The van der Waals surface area contributed by atoms with E-state index in [0.29, 0.717) is 6.42 Å². The number of para-hydroxylation sites is 2. The first-order valence-corrected chi connectivity index (χ1v) is 22.1. The Morgan fingerprint density at radius 3 is 1.41 bits per heavy atom. The molecule has 296 valence electrons. The van der Waals surface area contributed by atoms with Crippen LogP contribution in [0.2, 0.25) is 0 Å². The van der Waals surface area contributed by atoms with Gasteiger partial charge in [-0.25, -0.2) is 4.57 Å². The van der Waals surface area contributed by atoms with E-state index in [0.717, 1.165) is 38.5 Å². The molecule has 2 atom stereocenters. The van der Waals surface area contributed by atoms with E-state index in [1.54, 1.807) is 6.07 Å². The molecule has 10 heteroatoms. The maximum absolute atomic E-state index is 12.7. The predicted octanol–water partition coefficient (Wildman–Crippen LogP) is 12.3. The van der Waals surface area contributed by atoms with Crippen molar-refractivity contribution in [2.45, 2.75) is 200 Å². The van der Waals surface area contributed by atoms with E-state index in [4.69, 9.17) is 18.5 Å². The number of hydrogen-bond donors (Lipinski definition) is 2. The molecule has 0 saturated carbocycles. The number of phenols is 1. The van der Waals surface area contributed by atoms with E-state index in [-0.39, 0.29) is 30.9 Å². The summed E-state index contributed by atoms with van der Waals surface area (Å²) in [6.45, 7) is 3.68. The molecule has 0 spiro atoms. The highest BCUT2D eigenvalue weighted by atomic mass is 31.2. The predicted molar refractivity (Wildman–Crippen MR) is 206 cm³/mol. The van der Waals surface area contributed by atoms with Crippen LogP contribution in [0, 0.1) is 0 Å². The fraction of sp³-hybridized carbons (Fsp3) is 0.805. The first-order chi connectivity index (χ1) is 24.8. The first-order valence-electron chi connectivity index (χ1n) is 20.6. The first kappa shape index (κ1) is 46.9. The molecule has 2 N–H and O–H groups in total. The minimum atomic E-state index is -4.67. The smallest absolute Gasteiger partial charge is 0.504 e. The van der Waals surface area contributed by atoms with E-state index in [1.807, 2.05) is 0 Å². The Hall–Kier alpha value is -2.09. The average Bonchev–Trinajstić information content (AvgIpc) is 3.11. The molecular weight excluding hydrogens is 667 g/mol. The molecule has 0 aliphatic rings. The second kappa shape index (κ2) is 32.6. The molecule has 1 aromatic carbocycles. The van der Waals surface area contributed by atoms with Gasteiger partial charge in [-0.3, -0.25) is 19.0 Å². The maximum Gasteiger partial charge on any atom is 0.527 e. The van der Waals surface area contributed by atoms with Crippen molar-refractivity contribution < 1.29 is 42.7 Å². The van der Waals surface area contributed by atoms with Crippen LogP contribution in [0.25, 0.3) is 0 Å². The standard InChI is InChI=1S/C41H73O9P/c1-3-5-7-9-11-13-15-17-19-21-23-25-27-33-40(43)47-35-37(36-48-51(45,46)50-39-32-30-29-31-38(39)42)49-41(44)34-28-26-24-22-20-18-16-14-12-10-8-6-4-2/h29-32,37,42H,3-28,33-36H2,1-2H3,(H,45,46)/t37-/m1/s1. The van der Waals surface area contributed by atoms with Crippen molar-refractivity contribution >= 4 is 19.8 Å². The molecule has 0 fully saturated rings.